The van der Waals surface area contributed by atoms with Crippen LogP contribution in [0.1, 0.15) is 29.7 Å². The SMILES string of the molecule is O=C(Cc1csc(N2CCCC2=O)n1)Nc1cc(C(F)(F)F)cc(C(F)(F)F)c1. The van der Waals surface area contributed by atoms with Crippen LogP contribution in [-0.4, -0.2) is 23.3 Å². The summed E-state index contributed by atoms with van der Waals surface area (Å²) in [6, 6.07) is 0.848. The molecule has 1 N–H and O–H groups in total. The minimum atomic E-state index is -5.01. The first-order valence-corrected chi connectivity index (χ1v) is 9.15. The van der Waals surface area contributed by atoms with Crippen molar-refractivity contribution < 1.29 is 35.9 Å². The molecular formula is C17H13F6N3O2S. The van der Waals surface area contributed by atoms with Crippen molar-refractivity contribution in [3.63, 3.8) is 0 Å². The number of hydrogen-bond acceptors (Lipinski definition) is 4. The quantitative estimate of drug-likeness (QED) is 0.718. The van der Waals surface area contributed by atoms with Gasteiger partial charge >= 0.3 is 12.4 Å². The Kier molecular flexibility index (Phi) is 5.57. The van der Waals surface area contributed by atoms with Crippen molar-refractivity contribution in [2.45, 2.75) is 31.6 Å². The number of nitrogens with zero attached hydrogens (tertiary/aromatic N) is 2. The number of amides is 2. The first-order valence-electron chi connectivity index (χ1n) is 8.27. The molecule has 0 radical (unpaired) electrons. The van der Waals surface area contributed by atoms with Crippen molar-refractivity contribution in [3.8, 4) is 0 Å². The van der Waals surface area contributed by atoms with E-state index in [-0.39, 0.29) is 24.1 Å². The number of nitrogens with one attached hydrogen (secondary N) is 1. The number of aromatic nitrogens is 1. The number of halogens is 6. The Morgan fingerprint density at radius 3 is 2.24 bits per heavy atom. The molecular weight excluding hydrogens is 424 g/mol. The molecule has 156 valence electrons. The van der Waals surface area contributed by atoms with Crippen LogP contribution in [0.3, 0.4) is 0 Å². The third-order valence-electron chi connectivity index (χ3n) is 4.06. The number of benzene rings is 1. The number of alkyl halides is 6. The van der Waals surface area contributed by atoms with E-state index in [0.717, 1.165) is 11.3 Å². The third-order valence-corrected chi connectivity index (χ3v) is 4.97. The highest BCUT2D eigenvalue weighted by atomic mass is 32.1. The molecule has 0 bridgehead atoms. The predicted octanol–water partition coefficient (Wildman–Crippen LogP) is 4.49. The van der Waals surface area contributed by atoms with Gasteiger partial charge in [0.2, 0.25) is 11.8 Å². The Hall–Kier alpha value is -2.63. The maximum absolute atomic E-state index is 12.9. The van der Waals surface area contributed by atoms with E-state index in [4.69, 9.17) is 0 Å². The molecule has 29 heavy (non-hydrogen) atoms. The van der Waals surface area contributed by atoms with Crippen LogP contribution in [-0.2, 0) is 28.4 Å². The molecule has 2 heterocycles. The largest absolute Gasteiger partial charge is 0.416 e. The molecule has 0 spiro atoms. The number of hydrogen-bond donors (Lipinski definition) is 1. The van der Waals surface area contributed by atoms with Gasteiger partial charge in [-0.1, -0.05) is 0 Å². The zero-order valence-corrected chi connectivity index (χ0v) is 15.3. The van der Waals surface area contributed by atoms with Gasteiger partial charge in [-0.05, 0) is 24.6 Å². The second kappa shape index (κ2) is 7.65. The lowest BCUT2D eigenvalue weighted by atomic mass is 10.1. The monoisotopic (exact) mass is 437 g/mol. The molecule has 1 aromatic carbocycles. The molecule has 1 aliphatic rings. The first kappa shape index (κ1) is 21.1. The molecule has 0 saturated carbocycles. The fraction of sp³-hybridized carbons (Fsp3) is 0.353. The predicted molar refractivity (Wildman–Crippen MR) is 92.5 cm³/mol. The number of carbonyl (C=O) groups excluding carboxylic acids is 2. The van der Waals surface area contributed by atoms with Gasteiger partial charge in [0, 0.05) is 24.0 Å². The highest BCUT2D eigenvalue weighted by Gasteiger charge is 2.37. The lowest BCUT2D eigenvalue weighted by molar-refractivity contribution is -0.143. The Morgan fingerprint density at radius 1 is 1.10 bits per heavy atom. The van der Waals surface area contributed by atoms with E-state index in [1.54, 1.807) is 0 Å². The summed E-state index contributed by atoms with van der Waals surface area (Å²) in [4.78, 5) is 29.4. The van der Waals surface area contributed by atoms with Crippen molar-refractivity contribution in [2.75, 3.05) is 16.8 Å². The van der Waals surface area contributed by atoms with Gasteiger partial charge in [0.25, 0.3) is 0 Å². The van der Waals surface area contributed by atoms with Crippen LogP contribution in [0.25, 0.3) is 0 Å². The summed E-state index contributed by atoms with van der Waals surface area (Å²) in [6.45, 7) is 0.502. The fourth-order valence-corrected chi connectivity index (χ4v) is 3.62. The number of carbonyl (C=O) groups is 2. The third kappa shape index (κ3) is 5.05. The van der Waals surface area contributed by atoms with Gasteiger partial charge in [0.1, 0.15) is 0 Å². The van der Waals surface area contributed by atoms with Crippen molar-refractivity contribution in [2.24, 2.45) is 0 Å². The van der Waals surface area contributed by atoms with Gasteiger partial charge in [-0.2, -0.15) is 26.3 Å². The van der Waals surface area contributed by atoms with Crippen molar-refractivity contribution in [1.82, 2.24) is 4.98 Å². The summed E-state index contributed by atoms with van der Waals surface area (Å²) in [5.41, 5.74) is -3.41. The van der Waals surface area contributed by atoms with E-state index in [1.165, 1.54) is 10.3 Å². The average molecular weight is 437 g/mol. The summed E-state index contributed by atoms with van der Waals surface area (Å²) in [5, 5.41) is 3.95. The standard InChI is InChI=1S/C17H13F6N3O2S/c18-16(19,20)9-4-10(17(21,22)23)6-11(5-9)24-13(27)7-12-8-29-15(25-12)26-3-1-2-14(26)28/h4-6,8H,1-3,7H2,(H,24,27). The molecule has 2 amide bonds. The van der Waals surface area contributed by atoms with Gasteiger partial charge in [-0.15, -0.1) is 11.3 Å². The topological polar surface area (TPSA) is 62.3 Å². The van der Waals surface area contributed by atoms with E-state index < -0.39 is 35.1 Å². The van der Waals surface area contributed by atoms with Gasteiger partial charge < -0.3 is 5.32 Å². The molecule has 1 fully saturated rings. The Morgan fingerprint density at radius 2 is 1.72 bits per heavy atom. The second-order valence-electron chi connectivity index (χ2n) is 6.29. The van der Waals surface area contributed by atoms with E-state index in [9.17, 15) is 35.9 Å². The van der Waals surface area contributed by atoms with Gasteiger partial charge in [0.05, 0.1) is 23.2 Å². The normalized spacial score (nSPS) is 15.1. The fourth-order valence-electron chi connectivity index (χ4n) is 2.75. The molecule has 0 atom stereocenters. The van der Waals surface area contributed by atoms with Crippen LogP contribution in [0, 0.1) is 0 Å². The molecule has 2 aromatic rings. The van der Waals surface area contributed by atoms with E-state index in [2.05, 4.69) is 4.98 Å². The van der Waals surface area contributed by atoms with Crippen molar-refractivity contribution in [3.05, 3.63) is 40.4 Å². The maximum atomic E-state index is 12.9. The molecule has 0 unspecified atom stereocenters. The highest BCUT2D eigenvalue weighted by molar-refractivity contribution is 7.14. The molecule has 1 aliphatic heterocycles. The average Bonchev–Trinajstić information content (AvgIpc) is 3.21. The first-order chi connectivity index (χ1) is 13.4. The van der Waals surface area contributed by atoms with Gasteiger partial charge in [0.15, 0.2) is 5.13 Å². The lowest BCUT2D eigenvalue weighted by Crippen LogP contribution is -2.23. The van der Waals surface area contributed by atoms with Crippen LogP contribution in [0.2, 0.25) is 0 Å². The van der Waals surface area contributed by atoms with Crippen LogP contribution in [0.15, 0.2) is 23.6 Å². The Labute approximate surface area is 164 Å². The van der Waals surface area contributed by atoms with E-state index >= 15 is 0 Å². The summed E-state index contributed by atoms with van der Waals surface area (Å²) < 4.78 is 77.3. The minimum Gasteiger partial charge on any atom is -0.326 e. The number of rotatable bonds is 4. The van der Waals surface area contributed by atoms with Crippen molar-refractivity contribution >= 4 is 34.0 Å². The molecule has 5 nitrogen and oxygen atoms in total. The highest BCUT2D eigenvalue weighted by Crippen LogP contribution is 2.37. The summed E-state index contributed by atoms with van der Waals surface area (Å²) >= 11 is 1.13. The smallest absolute Gasteiger partial charge is 0.326 e. The van der Waals surface area contributed by atoms with Crippen LogP contribution < -0.4 is 10.2 Å². The molecule has 12 heteroatoms. The van der Waals surface area contributed by atoms with Gasteiger partial charge in [-0.3, -0.25) is 14.5 Å². The number of thiazole rings is 1. The zero-order valence-electron chi connectivity index (χ0n) is 14.5. The molecule has 1 saturated heterocycles. The molecule has 1 aromatic heterocycles. The molecule has 3 rings (SSSR count). The van der Waals surface area contributed by atoms with E-state index in [1.807, 2.05) is 5.32 Å². The van der Waals surface area contributed by atoms with Crippen LogP contribution in [0.5, 0.6) is 0 Å². The lowest BCUT2D eigenvalue weighted by Gasteiger charge is -2.14. The maximum Gasteiger partial charge on any atom is 0.416 e. The second-order valence-corrected chi connectivity index (χ2v) is 7.13. The summed E-state index contributed by atoms with van der Waals surface area (Å²) in [7, 11) is 0. The van der Waals surface area contributed by atoms with Crippen LogP contribution >= 0.6 is 11.3 Å². The Balaban J connectivity index is 1.75. The van der Waals surface area contributed by atoms with Crippen LogP contribution in [0.4, 0.5) is 37.2 Å². The van der Waals surface area contributed by atoms with E-state index in [0.29, 0.717) is 36.7 Å². The summed E-state index contributed by atoms with van der Waals surface area (Å²) in [5.74, 6) is -0.930. The minimum absolute atomic E-state index is 0.0184. The van der Waals surface area contributed by atoms with Gasteiger partial charge in [-0.25, -0.2) is 4.98 Å². The zero-order chi connectivity index (χ0) is 21.4. The summed E-state index contributed by atoms with van der Waals surface area (Å²) in [6.07, 6.45) is -9.30. The van der Waals surface area contributed by atoms with Crippen molar-refractivity contribution in [1.29, 1.82) is 0 Å². The Bertz CT molecular complexity index is 906. The molecule has 0 aliphatic carbocycles. The number of anilines is 2.